The van der Waals surface area contributed by atoms with Crippen molar-refractivity contribution in [3.8, 4) is 11.5 Å². The van der Waals surface area contributed by atoms with Gasteiger partial charge in [0.2, 0.25) is 5.12 Å². The lowest BCUT2D eigenvalue weighted by Gasteiger charge is -1.97. The smallest absolute Gasteiger partial charge is 0.212 e. The van der Waals surface area contributed by atoms with E-state index in [9.17, 15) is 15.0 Å². The third kappa shape index (κ3) is 4.40. The second kappa shape index (κ2) is 6.23. The van der Waals surface area contributed by atoms with E-state index in [1.54, 1.807) is 6.08 Å². The van der Waals surface area contributed by atoms with Crippen molar-refractivity contribution < 1.29 is 15.0 Å². The van der Waals surface area contributed by atoms with Gasteiger partial charge in [-0.05, 0) is 30.2 Å². The van der Waals surface area contributed by atoms with Crippen LogP contribution in [0, 0.1) is 0 Å². The van der Waals surface area contributed by atoms with Gasteiger partial charge in [-0.15, -0.1) is 0 Å². The SMILES string of the molecule is CCCSC(=O)/C=C/c1cc(O)cc(O)c1. The van der Waals surface area contributed by atoms with Crippen molar-refractivity contribution in [1.29, 1.82) is 0 Å². The molecular formula is C12H14O3S. The molecule has 0 spiro atoms. The molecule has 1 aromatic carbocycles. The molecule has 16 heavy (non-hydrogen) atoms. The summed E-state index contributed by atoms with van der Waals surface area (Å²) < 4.78 is 0. The van der Waals surface area contributed by atoms with Gasteiger partial charge >= 0.3 is 0 Å². The summed E-state index contributed by atoms with van der Waals surface area (Å²) >= 11 is 1.25. The van der Waals surface area contributed by atoms with Crippen LogP contribution in [-0.4, -0.2) is 21.1 Å². The summed E-state index contributed by atoms with van der Waals surface area (Å²) in [6.45, 7) is 2.01. The van der Waals surface area contributed by atoms with Crippen LogP contribution in [0.4, 0.5) is 0 Å². The van der Waals surface area contributed by atoms with E-state index in [1.165, 1.54) is 36.0 Å². The lowest BCUT2D eigenvalue weighted by Crippen LogP contribution is -1.86. The van der Waals surface area contributed by atoms with Crippen LogP contribution in [-0.2, 0) is 4.79 Å². The number of rotatable bonds is 4. The number of aromatic hydroxyl groups is 2. The van der Waals surface area contributed by atoms with Gasteiger partial charge in [0, 0.05) is 11.8 Å². The summed E-state index contributed by atoms with van der Waals surface area (Å²) in [4.78, 5) is 11.3. The van der Waals surface area contributed by atoms with E-state index in [2.05, 4.69) is 0 Å². The number of hydrogen-bond acceptors (Lipinski definition) is 4. The molecule has 0 radical (unpaired) electrons. The van der Waals surface area contributed by atoms with Crippen molar-refractivity contribution in [2.24, 2.45) is 0 Å². The van der Waals surface area contributed by atoms with Crippen LogP contribution in [0.2, 0.25) is 0 Å². The van der Waals surface area contributed by atoms with Gasteiger partial charge in [-0.3, -0.25) is 4.79 Å². The third-order valence-electron chi connectivity index (χ3n) is 1.79. The van der Waals surface area contributed by atoms with Gasteiger partial charge in [-0.25, -0.2) is 0 Å². The summed E-state index contributed by atoms with van der Waals surface area (Å²) in [6.07, 6.45) is 3.97. The quantitative estimate of drug-likeness (QED) is 0.792. The van der Waals surface area contributed by atoms with E-state index in [4.69, 9.17) is 0 Å². The fourth-order valence-corrected chi connectivity index (χ4v) is 1.70. The van der Waals surface area contributed by atoms with Crippen LogP contribution in [0.5, 0.6) is 11.5 Å². The van der Waals surface area contributed by atoms with E-state index in [1.807, 2.05) is 6.92 Å². The number of thioether (sulfide) groups is 1. The Hall–Kier alpha value is -1.42. The Morgan fingerprint density at radius 1 is 1.31 bits per heavy atom. The Kier molecular flexibility index (Phi) is 4.92. The van der Waals surface area contributed by atoms with Crippen LogP contribution in [0.25, 0.3) is 6.08 Å². The van der Waals surface area contributed by atoms with Crippen molar-refractivity contribution in [2.75, 3.05) is 5.75 Å². The van der Waals surface area contributed by atoms with Gasteiger partial charge in [-0.1, -0.05) is 24.8 Å². The number of hydrogen-bond donors (Lipinski definition) is 2. The van der Waals surface area contributed by atoms with Gasteiger partial charge in [0.05, 0.1) is 0 Å². The minimum Gasteiger partial charge on any atom is -0.508 e. The molecule has 3 nitrogen and oxygen atoms in total. The summed E-state index contributed by atoms with van der Waals surface area (Å²) in [5.74, 6) is 0.760. The second-order valence-corrected chi connectivity index (χ2v) is 4.38. The first kappa shape index (κ1) is 12.6. The first-order chi connectivity index (χ1) is 7.61. The monoisotopic (exact) mass is 238 g/mol. The third-order valence-corrected chi connectivity index (χ3v) is 2.82. The van der Waals surface area contributed by atoms with Crippen molar-refractivity contribution in [3.05, 3.63) is 29.8 Å². The van der Waals surface area contributed by atoms with Crippen molar-refractivity contribution in [3.63, 3.8) is 0 Å². The van der Waals surface area contributed by atoms with Crippen LogP contribution in [0.3, 0.4) is 0 Å². The summed E-state index contributed by atoms with van der Waals surface area (Å²) in [7, 11) is 0. The summed E-state index contributed by atoms with van der Waals surface area (Å²) in [5, 5.41) is 18.4. The number of phenols is 2. The summed E-state index contributed by atoms with van der Waals surface area (Å²) in [6, 6.07) is 4.20. The van der Waals surface area contributed by atoms with E-state index in [0.717, 1.165) is 12.2 Å². The van der Waals surface area contributed by atoms with E-state index < -0.39 is 0 Å². The maximum atomic E-state index is 11.3. The first-order valence-corrected chi connectivity index (χ1v) is 5.98. The number of carbonyl (C=O) groups is 1. The van der Waals surface area contributed by atoms with Crippen molar-refractivity contribution in [1.82, 2.24) is 0 Å². The largest absolute Gasteiger partial charge is 0.508 e. The zero-order valence-corrected chi connectivity index (χ0v) is 9.83. The molecule has 0 atom stereocenters. The lowest BCUT2D eigenvalue weighted by molar-refractivity contribution is -0.107. The molecule has 1 aromatic rings. The van der Waals surface area contributed by atoms with Crippen LogP contribution < -0.4 is 0 Å². The Morgan fingerprint density at radius 2 is 1.94 bits per heavy atom. The molecule has 0 aliphatic heterocycles. The molecule has 0 saturated carbocycles. The highest BCUT2D eigenvalue weighted by Crippen LogP contribution is 2.21. The van der Waals surface area contributed by atoms with Crippen molar-refractivity contribution >= 4 is 23.0 Å². The van der Waals surface area contributed by atoms with Crippen LogP contribution >= 0.6 is 11.8 Å². The highest BCUT2D eigenvalue weighted by molar-refractivity contribution is 8.14. The van der Waals surface area contributed by atoms with Crippen molar-refractivity contribution in [2.45, 2.75) is 13.3 Å². The highest BCUT2D eigenvalue weighted by Gasteiger charge is 1.98. The molecule has 2 N–H and O–H groups in total. The van der Waals surface area contributed by atoms with Gasteiger partial charge in [0.1, 0.15) is 11.5 Å². The standard InChI is InChI=1S/C12H14O3S/c1-2-5-16-12(15)4-3-9-6-10(13)8-11(14)7-9/h3-4,6-8,13-14H,2,5H2,1H3/b4-3+. The second-order valence-electron chi connectivity index (χ2n) is 3.28. The molecule has 1 rings (SSSR count). The minimum absolute atomic E-state index is 0.0201. The predicted octanol–water partition coefficient (Wildman–Crippen LogP) is 2.78. The molecule has 0 saturated heterocycles. The molecule has 4 heteroatoms. The fraction of sp³-hybridized carbons (Fsp3) is 0.250. The molecule has 0 aliphatic carbocycles. The Balaban J connectivity index is 2.65. The average Bonchev–Trinajstić information content (AvgIpc) is 2.22. The zero-order chi connectivity index (χ0) is 12.0. The van der Waals surface area contributed by atoms with E-state index in [0.29, 0.717) is 5.56 Å². The average molecular weight is 238 g/mol. The molecule has 0 aromatic heterocycles. The normalized spacial score (nSPS) is 10.8. The van der Waals surface area contributed by atoms with E-state index in [-0.39, 0.29) is 16.6 Å². The maximum absolute atomic E-state index is 11.3. The molecular weight excluding hydrogens is 224 g/mol. The molecule has 0 unspecified atom stereocenters. The van der Waals surface area contributed by atoms with Gasteiger partial charge in [-0.2, -0.15) is 0 Å². The number of phenolic OH excluding ortho intramolecular Hbond substituents is 2. The highest BCUT2D eigenvalue weighted by atomic mass is 32.2. The predicted molar refractivity (Wildman–Crippen MR) is 66.6 cm³/mol. The van der Waals surface area contributed by atoms with Crippen LogP contribution in [0.15, 0.2) is 24.3 Å². The molecule has 0 bridgehead atoms. The fourth-order valence-electron chi connectivity index (χ4n) is 1.13. The Labute approximate surface area is 98.8 Å². The Bertz CT molecular complexity index is 379. The maximum Gasteiger partial charge on any atom is 0.212 e. The number of carbonyl (C=O) groups excluding carboxylic acids is 1. The molecule has 86 valence electrons. The summed E-state index contributed by atoms with van der Waals surface area (Å²) in [5.41, 5.74) is 0.600. The topological polar surface area (TPSA) is 57.5 Å². The zero-order valence-electron chi connectivity index (χ0n) is 9.01. The van der Waals surface area contributed by atoms with Crippen LogP contribution in [0.1, 0.15) is 18.9 Å². The first-order valence-electron chi connectivity index (χ1n) is 4.99. The van der Waals surface area contributed by atoms with Gasteiger partial charge < -0.3 is 10.2 Å². The number of benzene rings is 1. The lowest BCUT2D eigenvalue weighted by atomic mass is 10.2. The molecule has 0 aliphatic rings. The molecule has 0 amide bonds. The molecule has 0 heterocycles. The minimum atomic E-state index is -0.0234. The Morgan fingerprint density at radius 3 is 2.50 bits per heavy atom. The van der Waals surface area contributed by atoms with E-state index >= 15 is 0 Å². The van der Waals surface area contributed by atoms with Gasteiger partial charge in [0.15, 0.2) is 0 Å². The van der Waals surface area contributed by atoms with Gasteiger partial charge in [0.25, 0.3) is 0 Å². The molecule has 0 fully saturated rings.